The molecule has 0 nitrogen and oxygen atoms in total. The standard InChI is InChI=1S/C9H14/c1-5-7-8-9(3,4)6-2/h2,5H,1,7-8H2,3-4H3. The van der Waals surface area contributed by atoms with Crippen molar-refractivity contribution in [3.05, 3.63) is 12.7 Å². The zero-order valence-corrected chi connectivity index (χ0v) is 6.28. The van der Waals surface area contributed by atoms with Crippen molar-refractivity contribution in [2.24, 2.45) is 5.41 Å². The number of hydrogen-bond donors (Lipinski definition) is 0. The molecule has 0 amide bonds. The van der Waals surface area contributed by atoms with Crippen molar-refractivity contribution >= 4 is 0 Å². The molecule has 0 heterocycles. The molecule has 0 N–H and O–H groups in total. The normalized spacial score (nSPS) is 10.3. The summed E-state index contributed by atoms with van der Waals surface area (Å²) in [5.74, 6) is 2.73. The van der Waals surface area contributed by atoms with Crippen molar-refractivity contribution in [1.82, 2.24) is 0 Å². The molecule has 0 aromatic carbocycles. The van der Waals surface area contributed by atoms with E-state index in [9.17, 15) is 0 Å². The van der Waals surface area contributed by atoms with E-state index in [1.165, 1.54) is 0 Å². The van der Waals surface area contributed by atoms with Crippen LogP contribution in [0.2, 0.25) is 0 Å². The molecule has 0 fully saturated rings. The van der Waals surface area contributed by atoms with E-state index in [1.54, 1.807) is 0 Å². The first-order valence-electron chi connectivity index (χ1n) is 3.21. The van der Waals surface area contributed by atoms with E-state index < -0.39 is 0 Å². The summed E-state index contributed by atoms with van der Waals surface area (Å²) in [7, 11) is 0. The van der Waals surface area contributed by atoms with E-state index in [4.69, 9.17) is 6.42 Å². The van der Waals surface area contributed by atoms with Crippen molar-refractivity contribution in [3.8, 4) is 12.3 Å². The molecule has 0 atom stereocenters. The molecule has 0 saturated heterocycles. The Morgan fingerprint density at radius 2 is 2.22 bits per heavy atom. The molecule has 0 radical (unpaired) electrons. The van der Waals surface area contributed by atoms with Crippen LogP contribution in [-0.2, 0) is 0 Å². The minimum absolute atomic E-state index is 0.0498. The molecule has 9 heavy (non-hydrogen) atoms. The van der Waals surface area contributed by atoms with Gasteiger partial charge in [0, 0.05) is 5.41 Å². The Bertz CT molecular complexity index is 123. The summed E-state index contributed by atoms with van der Waals surface area (Å²) in [4.78, 5) is 0. The highest BCUT2D eigenvalue weighted by Gasteiger charge is 2.10. The second kappa shape index (κ2) is 3.35. The van der Waals surface area contributed by atoms with Gasteiger partial charge in [-0.1, -0.05) is 6.08 Å². The number of rotatable bonds is 3. The fourth-order valence-electron chi connectivity index (χ4n) is 0.535. The first-order chi connectivity index (χ1) is 4.12. The first kappa shape index (κ1) is 8.30. The van der Waals surface area contributed by atoms with Crippen molar-refractivity contribution in [1.29, 1.82) is 0 Å². The fraction of sp³-hybridized carbons (Fsp3) is 0.556. The molecule has 0 bridgehead atoms. The van der Waals surface area contributed by atoms with Gasteiger partial charge in [-0.3, -0.25) is 0 Å². The van der Waals surface area contributed by atoms with Crippen molar-refractivity contribution < 1.29 is 0 Å². The molecule has 0 aromatic heterocycles. The van der Waals surface area contributed by atoms with Crippen molar-refractivity contribution in [3.63, 3.8) is 0 Å². The predicted molar refractivity (Wildman–Crippen MR) is 42.0 cm³/mol. The molecular formula is C9H14. The molecular weight excluding hydrogens is 108 g/mol. The lowest BCUT2D eigenvalue weighted by Gasteiger charge is -2.14. The maximum atomic E-state index is 5.26. The van der Waals surface area contributed by atoms with Gasteiger partial charge in [0.25, 0.3) is 0 Å². The van der Waals surface area contributed by atoms with Crippen LogP contribution in [0.1, 0.15) is 26.7 Å². The van der Waals surface area contributed by atoms with Crippen molar-refractivity contribution in [2.45, 2.75) is 26.7 Å². The molecule has 50 valence electrons. The maximum Gasteiger partial charge on any atom is 0.0258 e. The Labute approximate surface area is 58.0 Å². The van der Waals surface area contributed by atoms with E-state index >= 15 is 0 Å². The monoisotopic (exact) mass is 122 g/mol. The second-order valence-electron chi connectivity index (χ2n) is 2.86. The third kappa shape index (κ3) is 3.85. The lowest BCUT2D eigenvalue weighted by atomic mass is 9.89. The van der Waals surface area contributed by atoms with Gasteiger partial charge in [-0.05, 0) is 26.7 Å². The Balaban J connectivity index is 3.61. The van der Waals surface area contributed by atoms with E-state index in [0.717, 1.165) is 12.8 Å². The molecule has 0 spiro atoms. The third-order valence-corrected chi connectivity index (χ3v) is 1.36. The summed E-state index contributed by atoms with van der Waals surface area (Å²) < 4.78 is 0. The topological polar surface area (TPSA) is 0 Å². The zero-order chi connectivity index (χ0) is 7.33. The van der Waals surface area contributed by atoms with Gasteiger partial charge in [0.05, 0.1) is 0 Å². The summed E-state index contributed by atoms with van der Waals surface area (Å²) >= 11 is 0. The van der Waals surface area contributed by atoms with E-state index in [-0.39, 0.29) is 5.41 Å². The molecule has 0 saturated carbocycles. The third-order valence-electron chi connectivity index (χ3n) is 1.36. The first-order valence-corrected chi connectivity index (χ1v) is 3.21. The summed E-state index contributed by atoms with van der Waals surface area (Å²) in [6.07, 6.45) is 9.21. The van der Waals surface area contributed by atoms with Gasteiger partial charge in [0.1, 0.15) is 0 Å². The van der Waals surface area contributed by atoms with Gasteiger partial charge in [0.15, 0.2) is 0 Å². The summed E-state index contributed by atoms with van der Waals surface area (Å²) in [6, 6.07) is 0. The second-order valence-corrected chi connectivity index (χ2v) is 2.86. The SMILES string of the molecule is C#CC(C)(C)CCC=C. The molecule has 0 aliphatic heterocycles. The summed E-state index contributed by atoms with van der Waals surface area (Å²) in [5, 5.41) is 0. The molecule has 0 aromatic rings. The molecule has 0 rings (SSSR count). The average Bonchev–Trinajstić information content (AvgIpc) is 1.84. The summed E-state index contributed by atoms with van der Waals surface area (Å²) in [6.45, 7) is 7.76. The van der Waals surface area contributed by atoms with Gasteiger partial charge in [-0.25, -0.2) is 0 Å². The van der Waals surface area contributed by atoms with E-state index in [1.807, 2.05) is 6.08 Å². The van der Waals surface area contributed by atoms with E-state index in [0.29, 0.717) is 0 Å². The lowest BCUT2D eigenvalue weighted by Crippen LogP contribution is -2.06. The molecule has 0 aliphatic rings. The van der Waals surface area contributed by atoms with Gasteiger partial charge in [-0.2, -0.15) is 0 Å². The molecule has 0 aliphatic carbocycles. The Morgan fingerprint density at radius 1 is 1.67 bits per heavy atom. The van der Waals surface area contributed by atoms with Crippen LogP contribution in [0.3, 0.4) is 0 Å². The molecule has 0 unspecified atom stereocenters. The van der Waals surface area contributed by atoms with Crippen LogP contribution >= 0.6 is 0 Å². The average molecular weight is 122 g/mol. The highest BCUT2D eigenvalue weighted by molar-refractivity contribution is 5.00. The summed E-state index contributed by atoms with van der Waals surface area (Å²) in [5.41, 5.74) is 0.0498. The van der Waals surface area contributed by atoms with Gasteiger partial charge >= 0.3 is 0 Å². The van der Waals surface area contributed by atoms with Gasteiger partial charge in [0.2, 0.25) is 0 Å². The van der Waals surface area contributed by atoms with E-state index in [2.05, 4.69) is 26.3 Å². The van der Waals surface area contributed by atoms with Crippen LogP contribution in [0.4, 0.5) is 0 Å². The highest BCUT2D eigenvalue weighted by atomic mass is 14.1. The number of hydrogen-bond acceptors (Lipinski definition) is 0. The lowest BCUT2D eigenvalue weighted by molar-refractivity contribution is 0.464. The van der Waals surface area contributed by atoms with Crippen LogP contribution in [0.5, 0.6) is 0 Å². The number of allylic oxidation sites excluding steroid dienone is 1. The van der Waals surface area contributed by atoms with Crippen LogP contribution in [0, 0.1) is 17.8 Å². The van der Waals surface area contributed by atoms with Crippen LogP contribution in [0.25, 0.3) is 0 Å². The van der Waals surface area contributed by atoms with Crippen molar-refractivity contribution in [2.75, 3.05) is 0 Å². The Morgan fingerprint density at radius 3 is 2.56 bits per heavy atom. The Kier molecular flexibility index (Phi) is 3.09. The Hall–Kier alpha value is -0.700. The fourth-order valence-corrected chi connectivity index (χ4v) is 0.535. The zero-order valence-electron chi connectivity index (χ0n) is 6.28. The van der Waals surface area contributed by atoms with Crippen LogP contribution in [-0.4, -0.2) is 0 Å². The molecule has 0 heteroatoms. The van der Waals surface area contributed by atoms with Gasteiger partial charge < -0.3 is 0 Å². The largest absolute Gasteiger partial charge is 0.120 e. The maximum absolute atomic E-state index is 5.26. The quantitative estimate of drug-likeness (QED) is 0.398. The van der Waals surface area contributed by atoms with Crippen LogP contribution in [0.15, 0.2) is 12.7 Å². The predicted octanol–water partition coefficient (Wildman–Crippen LogP) is 2.61. The number of terminal acetylenes is 1. The minimum atomic E-state index is 0.0498. The highest BCUT2D eigenvalue weighted by Crippen LogP contribution is 2.20. The minimum Gasteiger partial charge on any atom is -0.120 e. The smallest absolute Gasteiger partial charge is 0.0258 e. The van der Waals surface area contributed by atoms with Crippen LogP contribution < -0.4 is 0 Å². The van der Waals surface area contributed by atoms with Gasteiger partial charge in [-0.15, -0.1) is 18.9 Å².